The van der Waals surface area contributed by atoms with E-state index in [4.69, 9.17) is 11.6 Å². The molecule has 0 bridgehead atoms. The Morgan fingerprint density at radius 3 is 2.09 bits per heavy atom. The van der Waals surface area contributed by atoms with E-state index in [0.29, 0.717) is 27.8 Å². The molecule has 0 spiro atoms. The Balaban J connectivity index is 1.61. The molecule has 1 saturated heterocycles. The Kier molecular flexibility index (Phi) is 7.23. The molecule has 2 amide bonds. The summed E-state index contributed by atoms with van der Waals surface area (Å²) in [6, 6.07) is 15.9. The molecule has 0 radical (unpaired) electrons. The van der Waals surface area contributed by atoms with Gasteiger partial charge in [-0.1, -0.05) is 11.6 Å². The second kappa shape index (κ2) is 10.3. The average molecular weight is 503 g/mol. The maximum Gasteiger partial charge on any atom is 0.323 e. The van der Waals surface area contributed by atoms with Gasteiger partial charge in [-0.15, -0.1) is 0 Å². The molecule has 34 heavy (non-hydrogen) atoms. The van der Waals surface area contributed by atoms with Gasteiger partial charge < -0.3 is 15.5 Å². The van der Waals surface area contributed by atoms with Crippen LogP contribution in [0.4, 0.5) is 31.9 Å². The summed E-state index contributed by atoms with van der Waals surface area (Å²) in [7, 11) is -3.98. The second-order valence-electron chi connectivity index (χ2n) is 7.93. The largest absolute Gasteiger partial charge is 0.370 e. The lowest BCUT2D eigenvalue weighted by molar-refractivity contribution is 0.262. The number of amides is 2. The number of benzene rings is 3. The molecule has 7 nitrogen and oxygen atoms in total. The topological polar surface area (TPSA) is 90.5 Å². The van der Waals surface area contributed by atoms with Crippen molar-refractivity contribution in [1.29, 1.82) is 0 Å². The third-order valence-electron chi connectivity index (χ3n) is 5.40. The van der Waals surface area contributed by atoms with Gasteiger partial charge >= 0.3 is 6.03 Å². The normalized spacial score (nSPS) is 13.9. The van der Waals surface area contributed by atoms with Crippen LogP contribution in [0.2, 0.25) is 5.02 Å². The van der Waals surface area contributed by atoms with Crippen LogP contribution < -0.4 is 20.3 Å². The first-order valence-electron chi connectivity index (χ1n) is 10.8. The molecular weight excluding hydrogens is 479 g/mol. The Morgan fingerprint density at radius 2 is 1.41 bits per heavy atom. The van der Waals surface area contributed by atoms with Gasteiger partial charge in [0, 0.05) is 35.2 Å². The number of rotatable bonds is 6. The molecule has 0 aliphatic carbocycles. The van der Waals surface area contributed by atoms with Crippen molar-refractivity contribution < 1.29 is 17.6 Å². The molecule has 0 aromatic heterocycles. The first-order valence-corrected chi connectivity index (χ1v) is 12.7. The summed E-state index contributed by atoms with van der Waals surface area (Å²) >= 11 is 5.91. The van der Waals surface area contributed by atoms with Crippen LogP contribution in [-0.2, 0) is 10.0 Å². The molecule has 1 aliphatic heterocycles. The lowest BCUT2D eigenvalue weighted by Gasteiger charge is -2.30. The maximum absolute atomic E-state index is 13.4. The molecule has 1 aliphatic rings. The van der Waals surface area contributed by atoms with Crippen LogP contribution in [0.1, 0.15) is 19.3 Å². The molecular formula is C24H24ClFN4O3S. The minimum Gasteiger partial charge on any atom is -0.370 e. The number of halogens is 2. The molecule has 10 heteroatoms. The number of nitrogens with one attached hydrogen (secondary N) is 3. The Labute approximate surface area is 203 Å². The van der Waals surface area contributed by atoms with E-state index in [0.717, 1.165) is 32.4 Å². The highest BCUT2D eigenvalue weighted by Crippen LogP contribution is 2.32. The number of urea groups is 1. The fraction of sp³-hybridized carbons (Fsp3) is 0.208. The minimum atomic E-state index is -3.98. The van der Waals surface area contributed by atoms with Crippen LogP contribution in [-0.4, -0.2) is 27.5 Å². The van der Waals surface area contributed by atoms with Crippen molar-refractivity contribution in [1.82, 2.24) is 0 Å². The number of hydrogen-bond acceptors (Lipinski definition) is 4. The average Bonchev–Trinajstić information content (AvgIpc) is 2.82. The van der Waals surface area contributed by atoms with Crippen LogP contribution in [0.5, 0.6) is 0 Å². The van der Waals surface area contributed by atoms with Crippen molar-refractivity contribution in [2.75, 3.05) is 33.3 Å². The van der Waals surface area contributed by atoms with Crippen molar-refractivity contribution >= 4 is 50.4 Å². The molecule has 4 rings (SSSR count). The van der Waals surface area contributed by atoms with Gasteiger partial charge in [0.2, 0.25) is 0 Å². The third-order valence-corrected chi connectivity index (χ3v) is 7.06. The van der Waals surface area contributed by atoms with Gasteiger partial charge in [0.05, 0.1) is 5.69 Å². The van der Waals surface area contributed by atoms with Gasteiger partial charge in [-0.25, -0.2) is 17.6 Å². The summed E-state index contributed by atoms with van der Waals surface area (Å²) < 4.78 is 42.4. The van der Waals surface area contributed by atoms with Crippen molar-refractivity contribution in [3.8, 4) is 0 Å². The highest BCUT2D eigenvalue weighted by molar-refractivity contribution is 7.92. The number of anilines is 4. The zero-order chi connectivity index (χ0) is 24.1. The van der Waals surface area contributed by atoms with Gasteiger partial charge in [0.15, 0.2) is 0 Å². The summed E-state index contributed by atoms with van der Waals surface area (Å²) in [5.41, 5.74) is 1.66. The van der Waals surface area contributed by atoms with Gasteiger partial charge in [-0.2, -0.15) is 0 Å². The number of carbonyl (C=O) groups excluding carboxylic acids is 1. The van der Waals surface area contributed by atoms with E-state index in [1.165, 1.54) is 30.3 Å². The Bertz CT molecular complexity index is 1260. The fourth-order valence-electron chi connectivity index (χ4n) is 3.76. The third kappa shape index (κ3) is 5.98. The molecule has 0 unspecified atom stereocenters. The number of hydrogen-bond donors (Lipinski definition) is 3. The molecule has 1 fully saturated rings. The monoisotopic (exact) mass is 502 g/mol. The van der Waals surface area contributed by atoms with E-state index >= 15 is 0 Å². The smallest absolute Gasteiger partial charge is 0.323 e. The zero-order valence-corrected chi connectivity index (χ0v) is 19.8. The minimum absolute atomic E-state index is 0.0592. The SMILES string of the molecule is O=C(Nc1ccc(F)cc1)Nc1ccc(N2CCCCC2)c(S(=O)(=O)Nc2ccc(Cl)cc2)c1. The van der Waals surface area contributed by atoms with Crippen molar-refractivity contribution in [3.05, 3.63) is 77.6 Å². The molecule has 178 valence electrons. The second-order valence-corrected chi connectivity index (χ2v) is 10.0. The summed E-state index contributed by atoms with van der Waals surface area (Å²) in [6.45, 7) is 1.50. The number of carbonyl (C=O) groups is 1. The summed E-state index contributed by atoms with van der Waals surface area (Å²) in [5, 5.41) is 5.74. The molecule has 1 heterocycles. The maximum atomic E-state index is 13.4. The van der Waals surface area contributed by atoms with Gasteiger partial charge in [-0.3, -0.25) is 4.72 Å². The lowest BCUT2D eigenvalue weighted by Crippen LogP contribution is -2.31. The molecule has 3 aromatic carbocycles. The number of sulfonamides is 1. The van der Waals surface area contributed by atoms with Gasteiger partial charge in [0.1, 0.15) is 10.7 Å². The summed E-state index contributed by atoms with van der Waals surface area (Å²) in [4.78, 5) is 14.5. The molecule has 3 aromatic rings. The lowest BCUT2D eigenvalue weighted by atomic mass is 10.1. The van der Waals surface area contributed by atoms with Crippen LogP contribution >= 0.6 is 11.6 Å². The highest BCUT2D eigenvalue weighted by atomic mass is 35.5. The van der Waals surface area contributed by atoms with Crippen LogP contribution in [0.3, 0.4) is 0 Å². The summed E-state index contributed by atoms with van der Waals surface area (Å²) in [6.07, 6.45) is 3.05. The van der Waals surface area contributed by atoms with Crippen LogP contribution in [0.15, 0.2) is 71.6 Å². The number of nitrogens with zero attached hydrogens (tertiary/aromatic N) is 1. The van der Waals surface area contributed by atoms with E-state index in [9.17, 15) is 17.6 Å². The van der Waals surface area contributed by atoms with Crippen LogP contribution in [0, 0.1) is 5.82 Å². The molecule has 0 atom stereocenters. The Morgan fingerprint density at radius 1 is 0.824 bits per heavy atom. The van der Waals surface area contributed by atoms with Crippen molar-refractivity contribution in [2.24, 2.45) is 0 Å². The van der Waals surface area contributed by atoms with Gasteiger partial charge in [-0.05, 0) is 86.0 Å². The predicted molar refractivity (Wildman–Crippen MR) is 134 cm³/mol. The fourth-order valence-corrected chi connectivity index (χ4v) is 5.19. The first-order chi connectivity index (χ1) is 16.3. The first kappa shape index (κ1) is 23.8. The summed E-state index contributed by atoms with van der Waals surface area (Å²) in [5.74, 6) is -0.415. The quantitative estimate of drug-likeness (QED) is 0.390. The van der Waals surface area contributed by atoms with E-state index in [2.05, 4.69) is 15.4 Å². The van der Waals surface area contributed by atoms with Crippen molar-refractivity contribution in [2.45, 2.75) is 24.2 Å². The van der Waals surface area contributed by atoms with E-state index in [1.54, 1.807) is 36.4 Å². The number of piperidine rings is 1. The van der Waals surface area contributed by atoms with E-state index in [-0.39, 0.29) is 4.90 Å². The van der Waals surface area contributed by atoms with Crippen molar-refractivity contribution in [3.63, 3.8) is 0 Å². The predicted octanol–water partition coefficient (Wildman–Crippen LogP) is 5.91. The van der Waals surface area contributed by atoms with E-state index < -0.39 is 21.9 Å². The Hall–Kier alpha value is -3.30. The highest BCUT2D eigenvalue weighted by Gasteiger charge is 2.24. The van der Waals surface area contributed by atoms with E-state index in [1.807, 2.05) is 4.90 Å². The van der Waals surface area contributed by atoms with Crippen LogP contribution in [0.25, 0.3) is 0 Å². The standard InChI is InChI=1S/C24H24ClFN4O3S/c25-17-4-8-20(9-5-17)29-34(32,33)23-16-21(12-13-22(23)30-14-2-1-3-15-30)28-24(31)27-19-10-6-18(26)7-11-19/h4-13,16,29H,1-3,14-15H2,(H2,27,28,31). The zero-order valence-electron chi connectivity index (χ0n) is 18.2. The molecule has 0 saturated carbocycles. The molecule has 3 N–H and O–H groups in total. The van der Waals surface area contributed by atoms with Gasteiger partial charge in [0.25, 0.3) is 10.0 Å².